The van der Waals surface area contributed by atoms with Crippen molar-refractivity contribution in [2.45, 2.75) is 63.1 Å². The minimum Gasteiger partial charge on any atom is -0.381 e. The number of hydrogen-bond donors (Lipinski definition) is 0. The number of halogens is 2. The van der Waals surface area contributed by atoms with Crippen LogP contribution in [-0.2, 0) is 9.53 Å². The third kappa shape index (κ3) is 3.94. The molecular weight excluding hydrogens is 438 g/mol. The Hall–Kier alpha value is -3.31. The molecule has 2 heterocycles. The number of aromatic nitrogens is 2. The van der Waals surface area contributed by atoms with E-state index in [0.29, 0.717) is 36.0 Å². The van der Waals surface area contributed by atoms with E-state index in [1.807, 2.05) is 6.07 Å². The summed E-state index contributed by atoms with van der Waals surface area (Å²) in [6.07, 6.45) is 5.58. The number of piperidine rings is 1. The normalized spacial score (nSPS) is 23.3. The van der Waals surface area contributed by atoms with Gasteiger partial charge in [-0.05, 0) is 68.9 Å². The number of anilines is 1. The first kappa shape index (κ1) is 22.5. The highest BCUT2D eigenvalue weighted by Crippen LogP contribution is 2.41. The van der Waals surface area contributed by atoms with Crippen molar-refractivity contribution in [3.05, 3.63) is 59.4 Å². The van der Waals surface area contributed by atoms with Gasteiger partial charge in [-0.1, -0.05) is 0 Å². The lowest BCUT2D eigenvalue weighted by Gasteiger charge is -2.37. The van der Waals surface area contributed by atoms with Gasteiger partial charge in [0.25, 0.3) is 0 Å². The van der Waals surface area contributed by atoms with E-state index in [4.69, 9.17) is 9.72 Å². The Morgan fingerprint density at radius 3 is 2.56 bits per heavy atom. The summed E-state index contributed by atoms with van der Waals surface area (Å²) in [7, 11) is 1.74. The van der Waals surface area contributed by atoms with E-state index in [1.54, 1.807) is 24.1 Å². The third-order valence-electron chi connectivity index (χ3n) is 7.12. The largest absolute Gasteiger partial charge is 0.381 e. The van der Waals surface area contributed by atoms with Gasteiger partial charge in [0.1, 0.15) is 5.82 Å². The van der Waals surface area contributed by atoms with Crippen LogP contribution in [0.1, 0.15) is 68.4 Å². The maximum atomic E-state index is 14.1. The van der Waals surface area contributed by atoms with E-state index in [0.717, 1.165) is 49.2 Å². The Bertz CT molecular complexity index is 1270. The topological polar surface area (TPSA) is 71.2 Å². The average molecular weight is 465 g/mol. The summed E-state index contributed by atoms with van der Waals surface area (Å²) in [4.78, 5) is 19.6. The van der Waals surface area contributed by atoms with Crippen LogP contribution in [0, 0.1) is 23.0 Å². The SMILES string of the molecule is CO[C@H]1CC[C@H](n2c([C@@H]3CCCC(=O)N3c3ccc(F)c(F)c3)nc3cc(C#N)ccc32)CC1. The molecule has 1 saturated heterocycles. The Balaban J connectivity index is 1.64. The van der Waals surface area contributed by atoms with Crippen LogP contribution in [0.2, 0.25) is 0 Å². The molecule has 2 fully saturated rings. The van der Waals surface area contributed by atoms with Gasteiger partial charge in [0.2, 0.25) is 5.91 Å². The zero-order chi connectivity index (χ0) is 23.8. The minimum atomic E-state index is -0.986. The maximum Gasteiger partial charge on any atom is 0.227 e. The fourth-order valence-corrected chi connectivity index (χ4v) is 5.42. The second kappa shape index (κ2) is 9.15. The summed E-state index contributed by atoms with van der Waals surface area (Å²) >= 11 is 0. The molecule has 0 N–H and O–H groups in total. The number of nitriles is 1. The van der Waals surface area contributed by atoms with E-state index in [2.05, 4.69) is 10.6 Å². The number of fused-ring (bicyclic) bond motifs is 1. The van der Waals surface area contributed by atoms with Gasteiger partial charge < -0.3 is 14.2 Å². The smallest absolute Gasteiger partial charge is 0.227 e. The molecule has 1 aliphatic heterocycles. The van der Waals surface area contributed by atoms with Crippen molar-refractivity contribution in [1.29, 1.82) is 5.26 Å². The first-order valence-corrected chi connectivity index (χ1v) is 11.7. The first-order valence-electron chi connectivity index (χ1n) is 11.7. The van der Waals surface area contributed by atoms with Crippen LogP contribution >= 0.6 is 0 Å². The molecule has 1 aromatic heterocycles. The number of carbonyl (C=O) groups excluding carboxylic acids is 1. The molecule has 0 unspecified atom stereocenters. The summed E-state index contributed by atoms with van der Waals surface area (Å²) in [6.45, 7) is 0. The van der Waals surface area contributed by atoms with E-state index in [9.17, 15) is 18.8 Å². The van der Waals surface area contributed by atoms with E-state index in [1.165, 1.54) is 6.07 Å². The molecule has 34 heavy (non-hydrogen) atoms. The number of ether oxygens (including phenoxy) is 1. The third-order valence-corrected chi connectivity index (χ3v) is 7.12. The van der Waals surface area contributed by atoms with E-state index >= 15 is 0 Å². The number of methoxy groups -OCH3 is 1. The molecule has 0 bridgehead atoms. The molecule has 1 aliphatic carbocycles. The predicted octanol–water partition coefficient (Wildman–Crippen LogP) is 5.57. The van der Waals surface area contributed by atoms with Crippen molar-refractivity contribution in [2.24, 2.45) is 0 Å². The molecular formula is C26H26F2N4O2. The van der Waals surface area contributed by atoms with E-state index in [-0.39, 0.29) is 18.1 Å². The summed E-state index contributed by atoms with van der Waals surface area (Å²) in [5.41, 5.74) is 2.46. The Morgan fingerprint density at radius 1 is 1.06 bits per heavy atom. The van der Waals surface area contributed by atoms with Crippen molar-refractivity contribution >= 4 is 22.6 Å². The fourth-order valence-electron chi connectivity index (χ4n) is 5.42. The Morgan fingerprint density at radius 2 is 1.85 bits per heavy atom. The molecule has 1 amide bonds. The summed E-state index contributed by atoms with van der Waals surface area (Å²) < 4.78 is 35.5. The number of amides is 1. The molecule has 5 rings (SSSR count). The molecule has 8 heteroatoms. The first-order chi connectivity index (χ1) is 16.5. The number of carbonyl (C=O) groups is 1. The number of benzene rings is 2. The van der Waals surface area contributed by atoms with Gasteiger partial charge in [-0.25, -0.2) is 13.8 Å². The number of hydrogen-bond acceptors (Lipinski definition) is 4. The van der Waals surface area contributed by atoms with Crippen LogP contribution in [0.25, 0.3) is 11.0 Å². The molecule has 0 spiro atoms. The second-order valence-corrected chi connectivity index (χ2v) is 9.09. The molecule has 176 valence electrons. The minimum absolute atomic E-state index is 0.137. The molecule has 2 aliphatic rings. The van der Waals surface area contributed by atoms with Gasteiger partial charge in [0, 0.05) is 31.3 Å². The van der Waals surface area contributed by atoms with Gasteiger partial charge in [-0.2, -0.15) is 5.26 Å². The number of nitrogens with zero attached hydrogens (tertiary/aromatic N) is 4. The lowest BCUT2D eigenvalue weighted by molar-refractivity contribution is -0.120. The highest BCUT2D eigenvalue weighted by molar-refractivity contribution is 5.95. The van der Waals surface area contributed by atoms with Crippen molar-refractivity contribution < 1.29 is 18.3 Å². The monoisotopic (exact) mass is 464 g/mol. The lowest BCUT2D eigenvalue weighted by Crippen LogP contribution is -2.40. The highest BCUT2D eigenvalue weighted by atomic mass is 19.2. The molecule has 3 aromatic rings. The standard InChI is InChI=1S/C26H26F2N4O2/c1-34-19-9-6-17(7-10-19)32-23-12-5-16(15-29)13-22(23)30-26(32)24-3-2-4-25(33)31(24)18-8-11-20(27)21(28)14-18/h5,8,11-14,17,19,24H,2-4,6-7,9-10H2,1H3/t17-,19-,24-/m0/s1. The van der Waals surface area contributed by atoms with Crippen LogP contribution in [0.5, 0.6) is 0 Å². The van der Waals surface area contributed by atoms with Gasteiger partial charge >= 0.3 is 0 Å². The zero-order valence-electron chi connectivity index (χ0n) is 19.0. The molecule has 1 atom stereocenters. The lowest BCUT2D eigenvalue weighted by atomic mass is 9.91. The van der Waals surface area contributed by atoms with Crippen LogP contribution in [0.15, 0.2) is 36.4 Å². The summed E-state index contributed by atoms with van der Waals surface area (Å²) in [5, 5.41) is 9.38. The van der Waals surface area contributed by atoms with Gasteiger partial charge in [-0.3, -0.25) is 4.79 Å². The molecule has 1 saturated carbocycles. The Kier molecular flexibility index (Phi) is 6.05. The van der Waals surface area contributed by atoms with Crippen molar-refractivity contribution in [3.8, 4) is 6.07 Å². The summed E-state index contributed by atoms with van der Waals surface area (Å²) in [5.74, 6) is -1.35. The number of rotatable bonds is 4. The van der Waals surface area contributed by atoms with Crippen LogP contribution in [-0.4, -0.2) is 28.7 Å². The Labute approximate surface area is 196 Å². The molecule has 6 nitrogen and oxygen atoms in total. The highest BCUT2D eigenvalue weighted by Gasteiger charge is 2.36. The van der Waals surface area contributed by atoms with Crippen LogP contribution in [0.4, 0.5) is 14.5 Å². The van der Waals surface area contributed by atoms with Crippen LogP contribution in [0.3, 0.4) is 0 Å². The average Bonchev–Trinajstić information content (AvgIpc) is 3.24. The van der Waals surface area contributed by atoms with Crippen molar-refractivity contribution in [3.63, 3.8) is 0 Å². The zero-order valence-corrected chi connectivity index (χ0v) is 19.0. The molecule has 0 radical (unpaired) electrons. The van der Waals surface area contributed by atoms with Crippen LogP contribution < -0.4 is 4.90 Å². The van der Waals surface area contributed by atoms with Gasteiger partial charge in [0.15, 0.2) is 11.6 Å². The second-order valence-electron chi connectivity index (χ2n) is 9.09. The van der Waals surface area contributed by atoms with Gasteiger partial charge in [0.05, 0.1) is 34.8 Å². The summed E-state index contributed by atoms with van der Waals surface area (Å²) in [6, 6.07) is 11.0. The maximum absolute atomic E-state index is 14.1. The quantitative estimate of drug-likeness (QED) is 0.506. The fraction of sp³-hybridized carbons (Fsp3) is 0.423. The van der Waals surface area contributed by atoms with Crippen molar-refractivity contribution in [2.75, 3.05) is 12.0 Å². The van der Waals surface area contributed by atoms with Crippen molar-refractivity contribution in [1.82, 2.24) is 9.55 Å². The van der Waals surface area contributed by atoms with E-state index < -0.39 is 17.7 Å². The predicted molar refractivity (Wildman–Crippen MR) is 123 cm³/mol. The van der Waals surface area contributed by atoms with Gasteiger partial charge in [-0.15, -0.1) is 0 Å². The molecule has 2 aromatic carbocycles. The number of imidazole rings is 1.